The van der Waals surface area contributed by atoms with Gasteiger partial charge in [-0.05, 0) is 31.2 Å². The first-order valence-electron chi connectivity index (χ1n) is 13.7. The highest BCUT2D eigenvalue weighted by Gasteiger charge is 2.51. The van der Waals surface area contributed by atoms with Gasteiger partial charge in [0, 0.05) is 19.3 Å². The van der Waals surface area contributed by atoms with Gasteiger partial charge in [0.25, 0.3) is 5.56 Å². The van der Waals surface area contributed by atoms with Crippen molar-refractivity contribution in [1.29, 1.82) is 0 Å². The number of phosphoric ester groups is 2. The fourth-order valence-electron chi connectivity index (χ4n) is 5.89. The summed E-state index contributed by atoms with van der Waals surface area (Å²) in [5, 5.41) is 0.740. The fourth-order valence-corrected chi connectivity index (χ4v) is 7.22. The highest BCUT2D eigenvalue weighted by Crippen LogP contribution is 2.51. The standard InChI is InChI=1S/C23H31N9O11P2/c1-39-16-14(8-40-44(34,35)36)42-22(32-10-28-15-20(32)29-23(25)30-21(15)33)17(16)43-45(37,38)41-7-11-2-3-12(6-11)31-5-4-13-18(24)26-9-27-19(13)31/h4-5,9-12,14,16-17,22H,2-3,6-8H2,1H3,(H,37,38)(H2,24,26,27)(H2,34,35,36)(H3,25,29,30,33)/t11-,12+,14-,16-,17-,22-/m1/s1. The van der Waals surface area contributed by atoms with Gasteiger partial charge in [0.2, 0.25) is 5.95 Å². The number of rotatable bonds is 11. The molecule has 6 rings (SSSR count). The zero-order chi connectivity index (χ0) is 32.1. The average Bonchev–Trinajstić information content (AvgIpc) is 3.75. The molecule has 22 heteroatoms. The van der Waals surface area contributed by atoms with Gasteiger partial charge in [-0.1, -0.05) is 0 Å². The van der Waals surface area contributed by atoms with E-state index in [1.807, 2.05) is 16.8 Å². The molecule has 0 radical (unpaired) electrons. The SMILES string of the molecule is CO[C@H]1[C@@H](OP(=O)(O)OC[C@@H]2CC[C@H](n3ccc4c(N)ncnc43)C2)[C@H](n2cnc3c(=O)[nH]c(N)nc32)O[C@@H]1COP(=O)(O)O. The van der Waals surface area contributed by atoms with Crippen LogP contribution in [-0.4, -0.2) is 87.4 Å². The second-order valence-electron chi connectivity index (χ2n) is 10.7. The van der Waals surface area contributed by atoms with Crippen LogP contribution in [0.1, 0.15) is 31.5 Å². The Morgan fingerprint density at radius 3 is 2.62 bits per heavy atom. The maximum Gasteiger partial charge on any atom is 0.472 e. The van der Waals surface area contributed by atoms with E-state index in [0.29, 0.717) is 24.3 Å². The minimum absolute atomic E-state index is 0.0449. The number of phosphoric acid groups is 2. The molecule has 5 heterocycles. The van der Waals surface area contributed by atoms with Crippen molar-refractivity contribution in [2.75, 3.05) is 31.8 Å². The Balaban J connectivity index is 1.19. The Morgan fingerprint density at radius 1 is 1.07 bits per heavy atom. The monoisotopic (exact) mass is 671 g/mol. The molecule has 8 N–H and O–H groups in total. The normalized spacial score (nSPS) is 27.0. The van der Waals surface area contributed by atoms with Gasteiger partial charge in [-0.2, -0.15) is 4.98 Å². The van der Waals surface area contributed by atoms with Crippen LogP contribution in [0.3, 0.4) is 0 Å². The van der Waals surface area contributed by atoms with Gasteiger partial charge >= 0.3 is 15.6 Å². The quantitative estimate of drug-likeness (QED) is 0.119. The number of hydrogen-bond donors (Lipinski definition) is 6. The summed E-state index contributed by atoms with van der Waals surface area (Å²) in [6.45, 7) is -0.782. The third-order valence-electron chi connectivity index (χ3n) is 7.86. The van der Waals surface area contributed by atoms with Gasteiger partial charge in [-0.15, -0.1) is 0 Å². The predicted molar refractivity (Wildman–Crippen MR) is 154 cm³/mol. The summed E-state index contributed by atoms with van der Waals surface area (Å²) in [5.74, 6) is 0.0542. The summed E-state index contributed by atoms with van der Waals surface area (Å²) in [6, 6.07) is 1.90. The molecule has 4 aromatic rings. The van der Waals surface area contributed by atoms with Crippen LogP contribution in [0.5, 0.6) is 0 Å². The van der Waals surface area contributed by atoms with Crippen molar-refractivity contribution < 1.29 is 46.9 Å². The number of ether oxygens (including phenoxy) is 2. The van der Waals surface area contributed by atoms with Crippen LogP contribution >= 0.6 is 15.6 Å². The number of nitrogens with zero attached hydrogens (tertiary/aromatic N) is 6. The van der Waals surface area contributed by atoms with Crippen LogP contribution in [0, 0.1) is 5.92 Å². The summed E-state index contributed by atoms with van der Waals surface area (Å²) in [7, 11) is -8.49. The maximum atomic E-state index is 13.3. The lowest BCUT2D eigenvalue weighted by Crippen LogP contribution is -2.37. The third kappa shape index (κ3) is 6.52. The molecule has 45 heavy (non-hydrogen) atoms. The van der Waals surface area contributed by atoms with Crippen LogP contribution < -0.4 is 17.0 Å². The van der Waals surface area contributed by atoms with Crippen molar-refractivity contribution in [3.63, 3.8) is 0 Å². The molecule has 0 amide bonds. The molecule has 1 saturated carbocycles. The number of hydrogen-bond acceptors (Lipinski definition) is 14. The summed E-state index contributed by atoms with van der Waals surface area (Å²) >= 11 is 0. The fraction of sp³-hybridized carbons (Fsp3) is 0.522. The Labute approximate surface area is 253 Å². The van der Waals surface area contributed by atoms with Crippen LogP contribution in [0.4, 0.5) is 11.8 Å². The minimum Gasteiger partial charge on any atom is -0.383 e. The van der Waals surface area contributed by atoms with Crippen molar-refractivity contribution >= 4 is 49.6 Å². The first-order valence-corrected chi connectivity index (χ1v) is 16.7. The lowest BCUT2D eigenvalue weighted by molar-refractivity contribution is -0.0529. The Morgan fingerprint density at radius 2 is 1.87 bits per heavy atom. The average molecular weight is 672 g/mol. The Hall–Kier alpha value is -3.29. The van der Waals surface area contributed by atoms with Gasteiger partial charge in [0.15, 0.2) is 17.4 Å². The van der Waals surface area contributed by atoms with Gasteiger partial charge in [-0.25, -0.2) is 24.1 Å². The second kappa shape index (κ2) is 12.1. The molecular weight excluding hydrogens is 640 g/mol. The van der Waals surface area contributed by atoms with Crippen LogP contribution in [0.25, 0.3) is 22.2 Å². The number of nitrogens with one attached hydrogen (secondary N) is 1. The van der Waals surface area contributed by atoms with Crippen molar-refractivity contribution in [2.45, 2.75) is 49.8 Å². The topological polar surface area (TPSA) is 287 Å². The first-order chi connectivity index (χ1) is 21.3. The number of methoxy groups -OCH3 is 1. The van der Waals surface area contributed by atoms with Crippen molar-refractivity contribution in [2.24, 2.45) is 5.92 Å². The van der Waals surface area contributed by atoms with E-state index in [-0.39, 0.29) is 35.7 Å². The molecular formula is C23H31N9O11P2. The molecule has 1 aliphatic heterocycles. The molecule has 0 spiro atoms. The number of H-pyrrole nitrogens is 1. The van der Waals surface area contributed by atoms with E-state index in [2.05, 4.69) is 29.4 Å². The van der Waals surface area contributed by atoms with E-state index in [1.165, 1.54) is 24.3 Å². The summed E-state index contributed by atoms with van der Waals surface area (Å²) < 4.78 is 55.0. The lowest BCUT2D eigenvalue weighted by atomic mass is 10.1. The molecule has 1 unspecified atom stereocenters. The maximum absolute atomic E-state index is 13.3. The number of nitrogens with two attached hydrogens (primary N) is 2. The zero-order valence-corrected chi connectivity index (χ0v) is 25.4. The van der Waals surface area contributed by atoms with Crippen molar-refractivity contribution in [3.8, 4) is 0 Å². The molecule has 0 aromatic carbocycles. The Bertz CT molecular complexity index is 1860. The van der Waals surface area contributed by atoms with Gasteiger partial charge < -0.3 is 40.2 Å². The van der Waals surface area contributed by atoms with Crippen molar-refractivity contribution in [1.82, 2.24) is 34.1 Å². The zero-order valence-electron chi connectivity index (χ0n) is 23.6. The molecule has 7 atom stereocenters. The second-order valence-corrected chi connectivity index (χ2v) is 13.4. The van der Waals surface area contributed by atoms with Crippen molar-refractivity contribution in [3.05, 3.63) is 35.3 Å². The minimum atomic E-state index is -4.92. The van der Waals surface area contributed by atoms with E-state index >= 15 is 0 Å². The Kier molecular flexibility index (Phi) is 8.55. The predicted octanol–water partition coefficient (Wildman–Crippen LogP) is 0.594. The molecule has 1 saturated heterocycles. The van der Waals surface area contributed by atoms with Gasteiger partial charge in [0.05, 0.1) is 24.9 Å². The molecule has 4 aromatic heterocycles. The number of aromatic amines is 1. The molecule has 0 bridgehead atoms. The third-order valence-corrected chi connectivity index (χ3v) is 9.34. The number of nitrogen functional groups attached to an aromatic ring is 2. The largest absolute Gasteiger partial charge is 0.472 e. The van der Waals surface area contributed by atoms with Crippen LogP contribution in [0.2, 0.25) is 0 Å². The summed E-state index contributed by atoms with van der Waals surface area (Å²) in [6.07, 6.45) is 1.39. The van der Waals surface area contributed by atoms with E-state index in [1.54, 1.807) is 0 Å². The van der Waals surface area contributed by atoms with Crippen LogP contribution in [-0.2, 0) is 32.2 Å². The lowest BCUT2D eigenvalue weighted by Gasteiger charge is -2.26. The number of fused-ring (bicyclic) bond motifs is 2. The van der Waals surface area contributed by atoms with E-state index in [0.717, 1.165) is 11.8 Å². The van der Waals surface area contributed by atoms with Gasteiger partial charge in [-0.3, -0.25) is 27.9 Å². The molecule has 2 fully saturated rings. The molecule has 1 aliphatic carbocycles. The van der Waals surface area contributed by atoms with Crippen LogP contribution in [0.15, 0.2) is 29.7 Å². The van der Waals surface area contributed by atoms with E-state index in [9.17, 15) is 28.6 Å². The molecule has 2 aliphatic rings. The molecule has 20 nitrogen and oxygen atoms in total. The highest BCUT2D eigenvalue weighted by atomic mass is 31.2. The highest BCUT2D eigenvalue weighted by molar-refractivity contribution is 7.47. The summed E-state index contributed by atoms with van der Waals surface area (Å²) in [5.41, 5.74) is 11.6. The smallest absolute Gasteiger partial charge is 0.383 e. The van der Waals surface area contributed by atoms with E-state index in [4.69, 9.17) is 30.0 Å². The summed E-state index contributed by atoms with van der Waals surface area (Å²) in [4.78, 5) is 60.4. The number of imidazole rings is 1. The number of aromatic nitrogens is 7. The first kappa shape index (κ1) is 31.7. The van der Waals surface area contributed by atoms with Gasteiger partial charge in [0.1, 0.15) is 36.1 Å². The molecule has 244 valence electrons. The number of anilines is 2. The van der Waals surface area contributed by atoms with E-state index < -0.39 is 52.4 Å².